The van der Waals surface area contributed by atoms with Gasteiger partial charge in [-0.1, -0.05) is 185 Å². The van der Waals surface area contributed by atoms with Crippen molar-refractivity contribution in [3.05, 3.63) is 135 Å². The Labute approximate surface area is 456 Å². The molecule has 0 saturated heterocycles. The second-order valence-corrected chi connectivity index (χ2v) is 21.6. The highest BCUT2D eigenvalue weighted by molar-refractivity contribution is 6.28. The molecule has 0 atom stereocenters. The van der Waals surface area contributed by atoms with E-state index in [0.717, 1.165) is 111 Å². The lowest BCUT2D eigenvalue weighted by atomic mass is 9.68. The van der Waals surface area contributed by atoms with E-state index in [1.54, 1.807) is 0 Å². The molecule has 2 aliphatic carbocycles. The molecule has 76 heavy (non-hydrogen) atoms. The zero-order valence-electron chi connectivity index (χ0n) is 46.7. The Kier molecular flexibility index (Phi) is 21.3. The molecule has 0 heterocycles. The number of nitrogen functional groups attached to an aromatic ring is 4. The van der Waals surface area contributed by atoms with Crippen LogP contribution < -0.4 is 32.9 Å². The molecule has 0 amide bonds. The third-order valence-electron chi connectivity index (χ3n) is 16.1. The van der Waals surface area contributed by atoms with Crippen LogP contribution in [-0.2, 0) is 0 Å². The van der Waals surface area contributed by atoms with Gasteiger partial charge in [0.1, 0.15) is 13.1 Å². The molecule has 5 aromatic carbocycles. The summed E-state index contributed by atoms with van der Waals surface area (Å²) >= 11 is 0. The molecule has 0 bridgehead atoms. The van der Waals surface area contributed by atoms with Gasteiger partial charge in [-0.15, -0.1) is 0 Å². The highest BCUT2D eigenvalue weighted by atomic mass is 16.3. The van der Waals surface area contributed by atoms with Crippen LogP contribution in [0.1, 0.15) is 210 Å². The van der Waals surface area contributed by atoms with Crippen LogP contribution in [0.2, 0.25) is 0 Å². The van der Waals surface area contributed by atoms with Crippen LogP contribution in [0.4, 0.5) is 28.4 Å². The minimum absolute atomic E-state index is 0.186. The van der Waals surface area contributed by atoms with Crippen LogP contribution >= 0.6 is 0 Å². The van der Waals surface area contributed by atoms with Crippen molar-refractivity contribution in [3.63, 3.8) is 0 Å². The van der Waals surface area contributed by atoms with Crippen molar-refractivity contribution in [1.29, 1.82) is 5.26 Å². The fraction of sp³-hybridized carbons (Fsp3) is 0.478. The summed E-state index contributed by atoms with van der Waals surface area (Å²) in [6.07, 6.45) is 28.4. The standard InChI is InChI=1S/C67H88N8O/c1-6-10-14-18-22-26-42-74(43-27-23-19-15-11-7-2)65-47-34-30-38-51(69)56(47)61(57-48(65)35-31-39-52(57)70)63-60(55(46-68)73-5)64(67(63)76)62-58-49(36-32-40-53(58)71)66(50-37-33-41-54(72)59(50)62)75(44-28-24-20-16-12-8-3)45-29-25-21-17-13-9-4/h30-41H,6-29,42-45,69-72H2,1-4H3. The third-order valence-corrected chi connectivity index (χ3v) is 16.1. The molecule has 0 unspecified atom stereocenters. The van der Waals surface area contributed by atoms with Crippen molar-refractivity contribution in [2.45, 2.75) is 182 Å². The number of hydrogen-bond acceptors (Lipinski definition) is 7. The number of unbranched alkanes of at least 4 members (excludes halogenated alkanes) is 20. The van der Waals surface area contributed by atoms with E-state index in [1.165, 1.54) is 103 Å². The van der Waals surface area contributed by atoms with E-state index in [0.29, 0.717) is 55.8 Å². The van der Waals surface area contributed by atoms with Gasteiger partial charge < -0.3 is 32.9 Å². The number of fused-ring (bicyclic) bond motifs is 4. The van der Waals surface area contributed by atoms with E-state index in [-0.39, 0.29) is 28.2 Å². The summed E-state index contributed by atoms with van der Waals surface area (Å²) in [6, 6.07) is 26.2. The summed E-state index contributed by atoms with van der Waals surface area (Å²) in [5.74, 6) is -0.304. The van der Waals surface area contributed by atoms with Gasteiger partial charge in [-0.05, 0) is 73.2 Å². The van der Waals surface area contributed by atoms with Crippen LogP contribution in [0.3, 0.4) is 0 Å². The summed E-state index contributed by atoms with van der Waals surface area (Å²) in [5.41, 5.74) is 37.8. The van der Waals surface area contributed by atoms with Gasteiger partial charge in [0.25, 0.3) is 5.70 Å². The fourth-order valence-electron chi connectivity index (χ4n) is 12.2. The molecule has 2 aliphatic rings. The average Bonchev–Trinajstić information content (AvgIpc) is 3.48. The first kappa shape index (κ1) is 57.0. The normalized spacial score (nSPS) is 13.7. The van der Waals surface area contributed by atoms with Gasteiger partial charge in [0, 0.05) is 98.1 Å². The second kappa shape index (κ2) is 28.4. The van der Waals surface area contributed by atoms with Crippen molar-refractivity contribution < 1.29 is 9.68 Å². The number of anilines is 5. The molecule has 0 radical (unpaired) electrons. The zero-order chi connectivity index (χ0) is 54.0. The number of nitriles is 1. The van der Waals surface area contributed by atoms with E-state index < -0.39 is 0 Å². The number of allylic oxidation sites excluding steroid dienone is 3. The van der Waals surface area contributed by atoms with E-state index in [9.17, 15) is 5.26 Å². The maximum Gasteiger partial charge on any atom is 0.270 e. The zero-order valence-corrected chi connectivity index (χ0v) is 46.7. The van der Waals surface area contributed by atoms with E-state index in [2.05, 4.69) is 72.4 Å². The molecule has 0 saturated carbocycles. The molecule has 7 rings (SSSR count). The number of nitrogens with two attached hydrogens (primary N) is 4. The largest absolute Gasteiger partial charge is 0.872 e. The van der Waals surface area contributed by atoms with Crippen molar-refractivity contribution in [2.24, 2.45) is 0 Å². The summed E-state index contributed by atoms with van der Waals surface area (Å²) in [5, 5.41) is 30.3. The van der Waals surface area contributed by atoms with Gasteiger partial charge in [0.15, 0.2) is 0 Å². The van der Waals surface area contributed by atoms with Gasteiger partial charge in [0.05, 0.1) is 29.5 Å². The van der Waals surface area contributed by atoms with E-state index >= 15 is 5.11 Å². The number of hydrogen-bond donors (Lipinski definition) is 4. The van der Waals surface area contributed by atoms with Gasteiger partial charge in [-0.3, -0.25) is 0 Å². The van der Waals surface area contributed by atoms with Crippen molar-refractivity contribution in [3.8, 4) is 6.07 Å². The maximum atomic E-state index is 16.1. The van der Waals surface area contributed by atoms with Crippen molar-refractivity contribution in [2.75, 3.05) is 54.0 Å². The maximum absolute atomic E-state index is 16.1. The van der Waals surface area contributed by atoms with Crippen LogP contribution in [0.5, 0.6) is 0 Å². The Morgan fingerprint density at radius 1 is 0.513 bits per heavy atom. The summed E-state index contributed by atoms with van der Waals surface area (Å²) in [6.45, 7) is 21.1. The first-order valence-corrected chi connectivity index (χ1v) is 29.5. The molecular formula is C67H88N8O. The smallest absolute Gasteiger partial charge is 0.270 e. The van der Waals surface area contributed by atoms with Crippen LogP contribution in [0, 0.1) is 17.9 Å². The molecular weight excluding hydrogens is 933 g/mol. The molecule has 5 aromatic rings. The number of rotatable bonds is 30. The molecule has 0 fully saturated rings. The Bertz CT molecular complexity index is 2860. The van der Waals surface area contributed by atoms with Crippen LogP contribution in [0.25, 0.3) is 37.5 Å². The van der Waals surface area contributed by atoms with Gasteiger partial charge >= 0.3 is 0 Å². The summed E-state index contributed by atoms with van der Waals surface area (Å²) < 4.78 is 2.54. The van der Waals surface area contributed by atoms with Crippen molar-refractivity contribution >= 4 is 66.8 Å². The van der Waals surface area contributed by atoms with Gasteiger partial charge in [0.2, 0.25) is 5.71 Å². The first-order chi connectivity index (χ1) is 37.2. The van der Waals surface area contributed by atoms with E-state index in [4.69, 9.17) is 29.5 Å². The third kappa shape index (κ3) is 12.6. The number of nitrogens with zero attached hydrogens (tertiary/aromatic N) is 4. The monoisotopic (exact) mass is 1020 g/mol. The summed E-state index contributed by atoms with van der Waals surface area (Å²) in [7, 11) is 0. The topological polar surface area (TPSA) is 162 Å². The fourth-order valence-corrected chi connectivity index (χ4v) is 12.2. The minimum Gasteiger partial charge on any atom is -0.872 e. The molecule has 9 heteroatoms. The molecule has 0 aromatic heterocycles. The highest BCUT2D eigenvalue weighted by Crippen LogP contribution is 2.58. The van der Waals surface area contributed by atoms with Gasteiger partial charge in [-0.25, -0.2) is 14.7 Å². The van der Waals surface area contributed by atoms with E-state index in [1.807, 2.05) is 48.5 Å². The van der Waals surface area contributed by atoms with Crippen LogP contribution in [-0.4, -0.2) is 36.5 Å². The second-order valence-electron chi connectivity index (χ2n) is 21.6. The Morgan fingerprint density at radius 2 is 0.908 bits per heavy atom. The Morgan fingerprint density at radius 3 is 1.33 bits per heavy atom. The lowest BCUT2D eigenvalue weighted by Gasteiger charge is -2.41. The molecule has 0 spiro atoms. The lowest BCUT2D eigenvalue weighted by Crippen LogP contribution is -2.32. The predicted octanol–water partition coefficient (Wildman–Crippen LogP) is 16.0. The van der Waals surface area contributed by atoms with Crippen molar-refractivity contribution in [1.82, 2.24) is 0 Å². The molecule has 0 aliphatic heterocycles. The molecule has 9 nitrogen and oxygen atoms in total. The summed E-state index contributed by atoms with van der Waals surface area (Å²) in [4.78, 5) is 6.43. The average molecular weight is 1020 g/mol. The number of benzene rings is 5. The molecule has 402 valence electrons. The Hall–Kier alpha value is -6.71. The van der Waals surface area contributed by atoms with Gasteiger partial charge in [-0.2, -0.15) is 0 Å². The quantitative estimate of drug-likeness (QED) is 0.00872. The first-order valence-electron chi connectivity index (χ1n) is 29.5. The SMILES string of the molecule is [C-]#[N+]/C(C#N)=C1\C(=C2c3c(N)cccc3C(=[N+](CCCCCCCC)CCCCCCCC)c3cccc(N)c32)C([O-])=C1c1c2c(N)cccc2c(N(CCCCCCCC)CCCCCCCC)c2cccc(N)c12. The lowest BCUT2D eigenvalue weighted by molar-refractivity contribution is -0.528. The highest BCUT2D eigenvalue weighted by Gasteiger charge is 2.41. The van der Waals surface area contributed by atoms with Crippen LogP contribution in [0.15, 0.2) is 95.4 Å². The predicted molar refractivity (Wildman–Crippen MR) is 323 cm³/mol. The Balaban J connectivity index is 1.48. The molecule has 8 N–H and O–H groups in total. The minimum atomic E-state index is -0.304.